The summed E-state index contributed by atoms with van der Waals surface area (Å²) in [5, 5.41) is 2.87. The molecule has 6 heteroatoms. The summed E-state index contributed by atoms with van der Waals surface area (Å²) < 4.78 is 31.6. The summed E-state index contributed by atoms with van der Waals surface area (Å²) in [5.41, 5.74) is -0.360. The second kappa shape index (κ2) is 5.03. The topological polar surface area (TPSA) is 51.2 Å². The number of nitrogens with one attached hydrogen (secondary N) is 1. The lowest BCUT2D eigenvalue weighted by Gasteiger charge is -2.19. The third-order valence-corrected chi connectivity index (χ3v) is 2.39. The molecule has 1 heterocycles. The number of nitrogens with zero attached hydrogens (tertiary/aromatic N) is 1. The SMILES string of the molecule is CC(C)(C)OC(=O)Nc1cnc2c(F)c(F)ccc2c1. The Bertz CT molecular complexity index is 666. The van der Waals surface area contributed by atoms with E-state index < -0.39 is 23.3 Å². The number of pyridine rings is 1. The van der Waals surface area contributed by atoms with Gasteiger partial charge in [-0.3, -0.25) is 10.3 Å². The third-order valence-electron chi connectivity index (χ3n) is 2.39. The number of halogens is 2. The van der Waals surface area contributed by atoms with Crippen LogP contribution >= 0.6 is 0 Å². The van der Waals surface area contributed by atoms with Gasteiger partial charge in [0, 0.05) is 5.39 Å². The number of fused-ring (bicyclic) bond motifs is 1. The highest BCUT2D eigenvalue weighted by Gasteiger charge is 2.16. The lowest BCUT2D eigenvalue weighted by Crippen LogP contribution is -2.27. The third kappa shape index (κ3) is 3.20. The van der Waals surface area contributed by atoms with E-state index in [1.165, 1.54) is 18.3 Å². The number of hydrogen-bond donors (Lipinski definition) is 1. The summed E-state index contributed by atoms with van der Waals surface area (Å²) >= 11 is 0. The maximum absolute atomic E-state index is 13.5. The summed E-state index contributed by atoms with van der Waals surface area (Å²) in [7, 11) is 0. The van der Waals surface area contributed by atoms with Crippen molar-refractivity contribution in [2.24, 2.45) is 0 Å². The van der Waals surface area contributed by atoms with Crippen molar-refractivity contribution in [3.05, 3.63) is 36.0 Å². The van der Waals surface area contributed by atoms with Crippen molar-refractivity contribution in [1.29, 1.82) is 0 Å². The normalized spacial score (nSPS) is 11.4. The number of benzene rings is 1. The summed E-state index contributed by atoms with van der Waals surface area (Å²) in [5.74, 6) is -1.97. The van der Waals surface area contributed by atoms with Gasteiger partial charge in [-0.1, -0.05) is 0 Å². The second-order valence-electron chi connectivity index (χ2n) is 5.28. The number of ether oxygens (including phenoxy) is 1. The Morgan fingerprint density at radius 2 is 2.00 bits per heavy atom. The van der Waals surface area contributed by atoms with E-state index in [-0.39, 0.29) is 5.52 Å². The first-order valence-electron chi connectivity index (χ1n) is 6.00. The Morgan fingerprint density at radius 3 is 2.65 bits per heavy atom. The zero-order valence-electron chi connectivity index (χ0n) is 11.3. The number of carbonyl (C=O) groups is 1. The Hall–Kier alpha value is -2.24. The molecule has 2 aromatic rings. The van der Waals surface area contributed by atoms with Gasteiger partial charge in [0.15, 0.2) is 11.6 Å². The number of hydrogen-bond acceptors (Lipinski definition) is 3. The summed E-state index contributed by atoms with van der Waals surface area (Å²) in [6.07, 6.45) is 0.607. The van der Waals surface area contributed by atoms with E-state index >= 15 is 0 Å². The average molecular weight is 280 g/mol. The molecule has 0 saturated carbocycles. The van der Waals surface area contributed by atoms with E-state index in [4.69, 9.17) is 4.74 Å². The van der Waals surface area contributed by atoms with Gasteiger partial charge < -0.3 is 4.74 Å². The predicted octanol–water partition coefficient (Wildman–Crippen LogP) is 3.86. The van der Waals surface area contributed by atoms with Gasteiger partial charge in [0.1, 0.15) is 11.1 Å². The van der Waals surface area contributed by atoms with E-state index in [9.17, 15) is 13.6 Å². The van der Waals surface area contributed by atoms with Crippen molar-refractivity contribution in [2.45, 2.75) is 26.4 Å². The molecule has 0 atom stereocenters. The highest BCUT2D eigenvalue weighted by Crippen LogP contribution is 2.21. The first-order valence-corrected chi connectivity index (χ1v) is 6.00. The molecule has 0 fully saturated rings. The van der Waals surface area contributed by atoms with Crippen LogP contribution in [-0.4, -0.2) is 16.7 Å². The fraction of sp³-hybridized carbons (Fsp3) is 0.286. The summed E-state index contributed by atoms with van der Waals surface area (Å²) in [6.45, 7) is 5.22. The second-order valence-corrected chi connectivity index (χ2v) is 5.28. The first-order chi connectivity index (χ1) is 9.26. The van der Waals surface area contributed by atoms with Crippen LogP contribution in [0.15, 0.2) is 24.4 Å². The van der Waals surface area contributed by atoms with Crippen molar-refractivity contribution < 1.29 is 18.3 Å². The Balaban J connectivity index is 2.25. The molecule has 0 aliphatic carbocycles. The van der Waals surface area contributed by atoms with Gasteiger partial charge >= 0.3 is 6.09 Å². The molecule has 1 aromatic heterocycles. The molecule has 1 aromatic carbocycles. The van der Waals surface area contributed by atoms with Crippen LogP contribution in [0.3, 0.4) is 0 Å². The van der Waals surface area contributed by atoms with Crippen molar-refractivity contribution in [3.63, 3.8) is 0 Å². The fourth-order valence-corrected chi connectivity index (χ4v) is 1.63. The van der Waals surface area contributed by atoms with Crippen molar-refractivity contribution in [1.82, 2.24) is 4.98 Å². The minimum absolute atomic E-state index is 0.0836. The minimum Gasteiger partial charge on any atom is -0.444 e. The molecule has 4 nitrogen and oxygen atoms in total. The lowest BCUT2D eigenvalue weighted by molar-refractivity contribution is 0.0636. The molecular weight excluding hydrogens is 266 g/mol. The molecule has 0 radical (unpaired) electrons. The van der Waals surface area contributed by atoms with Crippen molar-refractivity contribution in [2.75, 3.05) is 5.32 Å². The molecule has 2 rings (SSSR count). The van der Waals surface area contributed by atoms with Crippen LogP contribution in [0.2, 0.25) is 0 Å². The van der Waals surface area contributed by atoms with Gasteiger partial charge in [-0.25, -0.2) is 13.6 Å². The molecule has 0 saturated heterocycles. The van der Waals surface area contributed by atoms with Gasteiger partial charge in [0.25, 0.3) is 0 Å². The molecule has 0 unspecified atom stereocenters. The Kier molecular flexibility index (Phi) is 3.57. The van der Waals surface area contributed by atoms with E-state index in [1.807, 2.05) is 0 Å². The Morgan fingerprint density at radius 1 is 1.30 bits per heavy atom. The van der Waals surface area contributed by atoms with Crippen LogP contribution in [0.25, 0.3) is 10.9 Å². The van der Waals surface area contributed by atoms with Crippen molar-refractivity contribution >= 4 is 22.7 Å². The molecule has 1 amide bonds. The molecular formula is C14H14F2N2O2. The van der Waals surface area contributed by atoms with Gasteiger partial charge in [0.2, 0.25) is 0 Å². The quantitative estimate of drug-likeness (QED) is 0.863. The van der Waals surface area contributed by atoms with E-state index in [0.717, 1.165) is 6.07 Å². The lowest BCUT2D eigenvalue weighted by atomic mass is 10.2. The monoisotopic (exact) mass is 280 g/mol. The van der Waals surface area contributed by atoms with E-state index in [2.05, 4.69) is 10.3 Å². The van der Waals surface area contributed by atoms with Gasteiger partial charge in [-0.15, -0.1) is 0 Å². The van der Waals surface area contributed by atoms with Gasteiger partial charge in [0.05, 0.1) is 11.9 Å². The van der Waals surface area contributed by atoms with Gasteiger partial charge in [-0.2, -0.15) is 0 Å². The van der Waals surface area contributed by atoms with Crippen LogP contribution < -0.4 is 5.32 Å². The number of anilines is 1. The highest BCUT2D eigenvalue weighted by atomic mass is 19.2. The summed E-state index contributed by atoms with van der Waals surface area (Å²) in [6, 6.07) is 3.90. The molecule has 106 valence electrons. The number of carbonyl (C=O) groups excluding carboxylic acids is 1. The maximum Gasteiger partial charge on any atom is 0.412 e. The first kappa shape index (κ1) is 14.2. The highest BCUT2D eigenvalue weighted by molar-refractivity contribution is 5.89. The number of aromatic nitrogens is 1. The average Bonchev–Trinajstić information content (AvgIpc) is 2.31. The molecule has 0 aliphatic rings. The van der Waals surface area contributed by atoms with Crippen molar-refractivity contribution in [3.8, 4) is 0 Å². The zero-order chi connectivity index (χ0) is 14.9. The Labute approximate surface area is 114 Å². The smallest absolute Gasteiger partial charge is 0.412 e. The maximum atomic E-state index is 13.5. The van der Waals surface area contributed by atoms with Gasteiger partial charge in [-0.05, 0) is 39.0 Å². The number of rotatable bonds is 1. The zero-order valence-corrected chi connectivity index (χ0v) is 11.3. The van der Waals surface area contributed by atoms with Crippen LogP contribution in [0.1, 0.15) is 20.8 Å². The van der Waals surface area contributed by atoms with Crippen LogP contribution in [0, 0.1) is 11.6 Å². The predicted molar refractivity (Wildman–Crippen MR) is 71.5 cm³/mol. The molecule has 0 spiro atoms. The molecule has 20 heavy (non-hydrogen) atoms. The minimum atomic E-state index is -1.01. The molecule has 1 N–H and O–H groups in total. The standard InChI is InChI=1S/C14H14F2N2O2/c1-14(2,3)20-13(19)18-9-6-8-4-5-10(15)11(16)12(8)17-7-9/h4-7H,1-3H3,(H,18,19). The molecule has 0 bridgehead atoms. The van der Waals surface area contributed by atoms with Crippen LogP contribution in [-0.2, 0) is 4.74 Å². The largest absolute Gasteiger partial charge is 0.444 e. The van der Waals surface area contributed by atoms with Crippen LogP contribution in [0.4, 0.5) is 19.3 Å². The van der Waals surface area contributed by atoms with E-state index in [0.29, 0.717) is 11.1 Å². The number of amides is 1. The molecule has 0 aliphatic heterocycles. The summed E-state index contributed by atoms with van der Waals surface area (Å²) in [4.78, 5) is 15.4. The van der Waals surface area contributed by atoms with E-state index in [1.54, 1.807) is 20.8 Å². The fourth-order valence-electron chi connectivity index (χ4n) is 1.63. The van der Waals surface area contributed by atoms with Crippen LogP contribution in [0.5, 0.6) is 0 Å².